The molecule has 1 fully saturated rings. The van der Waals surface area contributed by atoms with Crippen LogP contribution in [0.1, 0.15) is 68.4 Å². The highest BCUT2D eigenvalue weighted by Crippen LogP contribution is 2.41. The van der Waals surface area contributed by atoms with Crippen LogP contribution in [0.3, 0.4) is 0 Å². The Morgan fingerprint density at radius 3 is 2.73 bits per heavy atom. The van der Waals surface area contributed by atoms with Gasteiger partial charge in [0.2, 0.25) is 11.8 Å². The number of halogens is 1. The van der Waals surface area contributed by atoms with Crippen LogP contribution in [0.5, 0.6) is 0 Å². The van der Waals surface area contributed by atoms with Gasteiger partial charge in [0.05, 0.1) is 6.04 Å². The zero-order valence-electron chi connectivity index (χ0n) is 17.4. The Kier molecular flexibility index (Phi) is 6.79. The molecule has 0 radical (unpaired) electrons. The van der Waals surface area contributed by atoms with Gasteiger partial charge in [-0.05, 0) is 61.2 Å². The number of anilines is 1. The number of nitrogens with zero attached hydrogens (tertiary/aromatic N) is 1. The van der Waals surface area contributed by atoms with Crippen molar-refractivity contribution in [2.45, 2.75) is 57.9 Å². The van der Waals surface area contributed by atoms with Crippen LogP contribution in [-0.2, 0) is 9.59 Å². The van der Waals surface area contributed by atoms with E-state index in [1.165, 1.54) is 19.3 Å². The predicted molar refractivity (Wildman–Crippen MR) is 123 cm³/mol. The zero-order chi connectivity index (χ0) is 21.1. The first kappa shape index (κ1) is 21.4. The Morgan fingerprint density at radius 1 is 1.23 bits per heavy atom. The van der Waals surface area contributed by atoms with Gasteiger partial charge in [0.1, 0.15) is 6.54 Å². The van der Waals surface area contributed by atoms with E-state index in [2.05, 4.69) is 12.2 Å². The summed E-state index contributed by atoms with van der Waals surface area (Å²) in [5.74, 6) is 0.695. The van der Waals surface area contributed by atoms with Gasteiger partial charge in [-0.1, -0.05) is 43.9 Å². The predicted octanol–water partition coefficient (Wildman–Crippen LogP) is 6.27. The lowest BCUT2D eigenvalue weighted by Crippen LogP contribution is -2.43. The number of nitrogens with one attached hydrogen (secondary N) is 1. The SMILES string of the molecule is CCCCC1CCC(C(=O)N2CC(=O)Nc3ccc(Cl)cc3C2c2cccs2)CC1. The number of benzene rings is 1. The lowest BCUT2D eigenvalue weighted by Gasteiger charge is -2.35. The van der Waals surface area contributed by atoms with Crippen LogP contribution >= 0.6 is 22.9 Å². The van der Waals surface area contributed by atoms with Crippen molar-refractivity contribution >= 4 is 40.4 Å². The number of hydrogen-bond donors (Lipinski definition) is 1. The van der Waals surface area contributed by atoms with Gasteiger partial charge in [-0.15, -0.1) is 11.3 Å². The van der Waals surface area contributed by atoms with E-state index < -0.39 is 0 Å². The van der Waals surface area contributed by atoms with E-state index in [0.717, 1.165) is 47.7 Å². The van der Waals surface area contributed by atoms with Gasteiger partial charge in [0, 0.05) is 27.1 Å². The first-order valence-electron chi connectivity index (χ1n) is 11.0. The largest absolute Gasteiger partial charge is 0.324 e. The summed E-state index contributed by atoms with van der Waals surface area (Å²) in [6.07, 6.45) is 7.84. The normalized spacial score (nSPS) is 24.1. The van der Waals surface area contributed by atoms with E-state index in [0.29, 0.717) is 5.02 Å². The minimum absolute atomic E-state index is 0.00104. The summed E-state index contributed by atoms with van der Waals surface area (Å²) in [5.41, 5.74) is 1.63. The fourth-order valence-electron chi connectivity index (χ4n) is 4.86. The highest BCUT2D eigenvalue weighted by molar-refractivity contribution is 7.10. The summed E-state index contributed by atoms with van der Waals surface area (Å²) in [5, 5.41) is 5.59. The van der Waals surface area contributed by atoms with Crippen LogP contribution in [0.4, 0.5) is 5.69 Å². The van der Waals surface area contributed by atoms with Gasteiger partial charge in [-0.2, -0.15) is 0 Å². The Labute approximate surface area is 187 Å². The number of thiophene rings is 1. The molecule has 0 spiro atoms. The number of fused-ring (bicyclic) bond motifs is 1. The van der Waals surface area contributed by atoms with Crippen molar-refractivity contribution in [1.29, 1.82) is 0 Å². The van der Waals surface area contributed by atoms with Crippen molar-refractivity contribution in [3.8, 4) is 0 Å². The van der Waals surface area contributed by atoms with Gasteiger partial charge in [-0.25, -0.2) is 0 Å². The molecule has 0 saturated heterocycles. The molecule has 1 aliphatic carbocycles. The average Bonchev–Trinajstić information content (AvgIpc) is 3.23. The van der Waals surface area contributed by atoms with Crippen molar-refractivity contribution in [2.75, 3.05) is 11.9 Å². The molecular formula is C24H29ClN2O2S. The number of unbranched alkanes of at least 4 members (excludes halogenated alkanes) is 1. The maximum absolute atomic E-state index is 13.7. The molecule has 1 atom stereocenters. The van der Waals surface area contributed by atoms with Crippen LogP contribution in [0.15, 0.2) is 35.7 Å². The molecule has 4 rings (SSSR count). The highest BCUT2D eigenvalue weighted by atomic mass is 35.5. The maximum Gasteiger partial charge on any atom is 0.244 e. The van der Waals surface area contributed by atoms with E-state index in [9.17, 15) is 9.59 Å². The molecule has 1 aromatic carbocycles. The number of carbonyl (C=O) groups excluding carboxylic acids is 2. The number of amides is 2. The molecular weight excluding hydrogens is 416 g/mol. The molecule has 2 aliphatic rings. The third-order valence-corrected chi connectivity index (χ3v) is 7.63. The topological polar surface area (TPSA) is 49.4 Å². The summed E-state index contributed by atoms with van der Waals surface area (Å²) in [6, 6.07) is 9.24. The average molecular weight is 445 g/mol. The molecule has 30 heavy (non-hydrogen) atoms. The Morgan fingerprint density at radius 2 is 2.03 bits per heavy atom. The van der Waals surface area contributed by atoms with Gasteiger partial charge < -0.3 is 10.2 Å². The van der Waals surface area contributed by atoms with Crippen LogP contribution in [0.2, 0.25) is 5.02 Å². The summed E-state index contributed by atoms with van der Waals surface area (Å²) >= 11 is 7.92. The lowest BCUT2D eigenvalue weighted by molar-refractivity contribution is -0.141. The Balaban J connectivity index is 1.62. The molecule has 4 nitrogen and oxygen atoms in total. The fourth-order valence-corrected chi connectivity index (χ4v) is 5.90. The molecule has 1 unspecified atom stereocenters. The van der Waals surface area contributed by atoms with E-state index in [-0.39, 0.29) is 30.3 Å². The minimum Gasteiger partial charge on any atom is -0.324 e. The second-order valence-electron chi connectivity index (χ2n) is 8.52. The van der Waals surface area contributed by atoms with Crippen molar-refractivity contribution in [3.63, 3.8) is 0 Å². The second kappa shape index (κ2) is 9.52. The molecule has 160 valence electrons. The maximum atomic E-state index is 13.7. The van der Waals surface area contributed by atoms with Crippen LogP contribution < -0.4 is 5.32 Å². The third-order valence-electron chi connectivity index (χ3n) is 6.47. The van der Waals surface area contributed by atoms with E-state index in [4.69, 9.17) is 11.6 Å². The molecule has 2 amide bonds. The Hall–Kier alpha value is -1.85. The van der Waals surface area contributed by atoms with Crippen LogP contribution in [0.25, 0.3) is 0 Å². The number of rotatable bonds is 5. The highest BCUT2D eigenvalue weighted by Gasteiger charge is 2.38. The molecule has 1 saturated carbocycles. The molecule has 2 aromatic rings. The van der Waals surface area contributed by atoms with Gasteiger partial charge in [0.15, 0.2) is 0 Å². The van der Waals surface area contributed by atoms with E-state index in [1.807, 2.05) is 29.6 Å². The molecule has 0 bridgehead atoms. The van der Waals surface area contributed by atoms with Crippen molar-refractivity contribution < 1.29 is 9.59 Å². The van der Waals surface area contributed by atoms with Crippen molar-refractivity contribution in [3.05, 3.63) is 51.2 Å². The number of carbonyl (C=O) groups is 2. The summed E-state index contributed by atoms with van der Waals surface area (Å²) in [6.45, 7) is 2.30. The minimum atomic E-state index is -0.289. The standard InChI is InChI=1S/C24H29ClN2O2S/c1-2-3-5-16-7-9-17(10-8-16)24(29)27-15-22(28)26-20-12-11-18(25)14-19(20)23(27)21-6-4-13-30-21/h4,6,11-14,16-17,23H,2-3,5,7-10,15H2,1H3,(H,26,28). The second-order valence-corrected chi connectivity index (χ2v) is 9.94. The first-order valence-corrected chi connectivity index (χ1v) is 12.3. The summed E-state index contributed by atoms with van der Waals surface area (Å²) in [4.78, 5) is 29.2. The molecule has 2 heterocycles. The van der Waals surface area contributed by atoms with E-state index in [1.54, 1.807) is 22.3 Å². The quantitative estimate of drug-likeness (QED) is 0.590. The van der Waals surface area contributed by atoms with Gasteiger partial charge in [-0.3, -0.25) is 9.59 Å². The fraction of sp³-hybridized carbons (Fsp3) is 0.500. The van der Waals surface area contributed by atoms with Crippen molar-refractivity contribution in [1.82, 2.24) is 4.90 Å². The smallest absolute Gasteiger partial charge is 0.244 e. The molecule has 1 aromatic heterocycles. The molecule has 1 N–H and O–H groups in total. The van der Waals surface area contributed by atoms with Crippen LogP contribution in [-0.4, -0.2) is 23.3 Å². The summed E-state index contributed by atoms with van der Waals surface area (Å²) < 4.78 is 0. The third kappa shape index (κ3) is 4.57. The van der Waals surface area contributed by atoms with Crippen molar-refractivity contribution in [2.24, 2.45) is 11.8 Å². The lowest BCUT2D eigenvalue weighted by atomic mass is 9.79. The summed E-state index contributed by atoms with van der Waals surface area (Å²) in [7, 11) is 0. The van der Waals surface area contributed by atoms with E-state index >= 15 is 0 Å². The van der Waals surface area contributed by atoms with Crippen LogP contribution in [0, 0.1) is 11.8 Å². The Bertz CT molecular complexity index is 891. The number of hydrogen-bond acceptors (Lipinski definition) is 3. The van der Waals surface area contributed by atoms with Gasteiger partial charge >= 0.3 is 0 Å². The van der Waals surface area contributed by atoms with Gasteiger partial charge in [0.25, 0.3) is 0 Å². The first-order chi connectivity index (χ1) is 14.6. The zero-order valence-corrected chi connectivity index (χ0v) is 19.0. The molecule has 6 heteroatoms. The molecule has 1 aliphatic heterocycles. The monoisotopic (exact) mass is 444 g/mol.